The van der Waals surface area contributed by atoms with Gasteiger partial charge in [0.15, 0.2) is 9.84 Å². The molecule has 1 rings (SSSR count). The van der Waals surface area contributed by atoms with Crippen molar-refractivity contribution in [1.29, 1.82) is 0 Å². The summed E-state index contributed by atoms with van der Waals surface area (Å²) in [6, 6.07) is 6.76. The van der Waals surface area contributed by atoms with Gasteiger partial charge in [-0.1, -0.05) is 6.92 Å². The summed E-state index contributed by atoms with van der Waals surface area (Å²) in [6.07, 6.45) is 0.620. The molecule has 0 fully saturated rings. The molecule has 96 valence electrons. The summed E-state index contributed by atoms with van der Waals surface area (Å²) in [4.78, 5) is 2.23. The second kappa shape index (κ2) is 6.02. The Hall–Kier alpha value is -1.07. The maximum absolute atomic E-state index is 11.8. The first-order valence-electron chi connectivity index (χ1n) is 5.66. The third-order valence-corrected chi connectivity index (χ3v) is 4.48. The largest absolute Gasteiger partial charge is 0.395 e. The standard InChI is InChI=1S/C12H19NO3S/c1-3-10-17(15,16)12-6-4-11(5-7-12)13(2)8-9-14/h4-7,14H,3,8-10H2,1-2H3. The van der Waals surface area contributed by atoms with Gasteiger partial charge in [-0.3, -0.25) is 0 Å². The van der Waals surface area contributed by atoms with Gasteiger partial charge >= 0.3 is 0 Å². The van der Waals surface area contributed by atoms with E-state index in [1.807, 2.05) is 18.9 Å². The molecule has 0 aliphatic heterocycles. The van der Waals surface area contributed by atoms with Crippen LogP contribution in [0.5, 0.6) is 0 Å². The Kier molecular flexibility index (Phi) is 4.96. The normalized spacial score (nSPS) is 11.5. The average Bonchev–Trinajstić information content (AvgIpc) is 2.29. The molecule has 1 aromatic rings. The van der Waals surface area contributed by atoms with Gasteiger partial charge in [0, 0.05) is 19.3 Å². The van der Waals surface area contributed by atoms with Crippen LogP contribution < -0.4 is 4.90 Å². The number of benzene rings is 1. The maximum Gasteiger partial charge on any atom is 0.178 e. The van der Waals surface area contributed by atoms with Crippen LogP contribution in [-0.4, -0.2) is 39.5 Å². The number of rotatable bonds is 6. The van der Waals surface area contributed by atoms with Gasteiger partial charge in [-0.05, 0) is 30.7 Å². The summed E-state index contributed by atoms with van der Waals surface area (Å²) in [7, 11) is -1.28. The summed E-state index contributed by atoms with van der Waals surface area (Å²) in [5, 5.41) is 8.81. The van der Waals surface area contributed by atoms with Crippen molar-refractivity contribution in [3.05, 3.63) is 24.3 Å². The van der Waals surface area contributed by atoms with Crippen molar-refractivity contribution in [3.63, 3.8) is 0 Å². The van der Waals surface area contributed by atoms with Crippen molar-refractivity contribution in [3.8, 4) is 0 Å². The molecule has 0 saturated carbocycles. The third kappa shape index (κ3) is 3.71. The molecule has 1 N–H and O–H groups in total. The van der Waals surface area contributed by atoms with Gasteiger partial charge in [-0.25, -0.2) is 8.42 Å². The molecule has 0 aliphatic carbocycles. The molecule has 0 spiro atoms. The molecule has 0 aliphatic rings. The van der Waals surface area contributed by atoms with Crippen molar-refractivity contribution < 1.29 is 13.5 Å². The van der Waals surface area contributed by atoms with Gasteiger partial charge in [0.05, 0.1) is 17.3 Å². The fraction of sp³-hybridized carbons (Fsp3) is 0.500. The van der Waals surface area contributed by atoms with Crippen LogP contribution in [0.1, 0.15) is 13.3 Å². The Morgan fingerprint density at radius 3 is 2.29 bits per heavy atom. The van der Waals surface area contributed by atoms with E-state index in [2.05, 4.69) is 0 Å². The van der Waals surface area contributed by atoms with Gasteiger partial charge in [0.2, 0.25) is 0 Å². The number of aliphatic hydroxyl groups excluding tert-OH is 1. The molecule has 4 nitrogen and oxygen atoms in total. The van der Waals surface area contributed by atoms with Gasteiger partial charge in [-0.2, -0.15) is 0 Å². The molecule has 0 aromatic heterocycles. The zero-order valence-corrected chi connectivity index (χ0v) is 11.1. The van der Waals surface area contributed by atoms with Crippen LogP contribution in [0.4, 0.5) is 5.69 Å². The first-order chi connectivity index (χ1) is 8.01. The fourth-order valence-electron chi connectivity index (χ4n) is 1.57. The molecule has 0 atom stereocenters. The van der Waals surface area contributed by atoms with Crippen LogP contribution in [0.3, 0.4) is 0 Å². The first kappa shape index (κ1) is 14.0. The lowest BCUT2D eigenvalue weighted by Crippen LogP contribution is -2.21. The molecular weight excluding hydrogens is 238 g/mol. The highest BCUT2D eigenvalue weighted by Crippen LogP contribution is 2.18. The highest BCUT2D eigenvalue weighted by atomic mass is 32.2. The van der Waals surface area contributed by atoms with Gasteiger partial charge in [0.1, 0.15) is 0 Å². The van der Waals surface area contributed by atoms with Crippen LogP contribution >= 0.6 is 0 Å². The van der Waals surface area contributed by atoms with Crippen LogP contribution in [0.15, 0.2) is 29.2 Å². The molecule has 0 radical (unpaired) electrons. The fourth-order valence-corrected chi connectivity index (χ4v) is 2.90. The van der Waals surface area contributed by atoms with E-state index in [4.69, 9.17) is 5.11 Å². The van der Waals surface area contributed by atoms with Gasteiger partial charge < -0.3 is 10.0 Å². The number of sulfone groups is 1. The molecule has 1 aromatic carbocycles. The highest BCUT2D eigenvalue weighted by Gasteiger charge is 2.12. The third-order valence-electron chi connectivity index (χ3n) is 2.54. The minimum absolute atomic E-state index is 0.0758. The molecule has 0 heterocycles. The lowest BCUT2D eigenvalue weighted by atomic mass is 10.3. The Morgan fingerprint density at radius 1 is 1.24 bits per heavy atom. The summed E-state index contributed by atoms with van der Waals surface area (Å²) in [5.74, 6) is 0.179. The van der Waals surface area contributed by atoms with Crippen molar-refractivity contribution in [2.24, 2.45) is 0 Å². The molecular formula is C12H19NO3S. The summed E-state index contributed by atoms with van der Waals surface area (Å²) >= 11 is 0. The molecule has 0 amide bonds. The lowest BCUT2D eigenvalue weighted by molar-refractivity contribution is 0.304. The predicted molar refractivity (Wildman–Crippen MR) is 69.1 cm³/mol. The molecule has 17 heavy (non-hydrogen) atoms. The van der Waals surface area contributed by atoms with E-state index in [-0.39, 0.29) is 12.4 Å². The summed E-state index contributed by atoms with van der Waals surface area (Å²) in [5.41, 5.74) is 0.898. The Balaban J connectivity index is 2.88. The number of hydrogen-bond donors (Lipinski definition) is 1. The molecule has 0 bridgehead atoms. The monoisotopic (exact) mass is 257 g/mol. The molecule has 0 saturated heterocycles. The van der Waals surface area contributed by atoms with Crippen LogP contribution in [-0.2, 0) is 9.84 Å². The minimum atomic E-state index is -3.13. The zero-order chi connectivity index (χ0) is 12.9. The van der Waals surface area contributed by atoms with Crippen molar-refractivity contribution in [2.45, 2.75) is 18.2 Å². The zero-order valence-electron chi connectivity index (χ0n) is 10.3. The Labute approximate surface area is 103 Å². The van der Waals surface area contributed by atoms with Gasteiger partial charge in [0.25, 0.3) is 0 Å². The number of likely N-dealkylation sites (N-methyl/N-ethyl adjacent to an activating group) is 1. The predicted octanol–water partition coefficient (Wildman–Crippen LogP) is 1.30. The topological polar surface area (TPSA) is 57.6 Å². The number of nitrogens with zero attached hydrogens (tertiary/aromatic N) is 1. The highest BCUT2D eigenvalue weighted by molar-refractivity contribution is 7.91. The van der Waals surface area contributed by atoms with Crippen LogP contribution in [0.25, 0.3) is 0 Å². The van der Waals surface area contributed by atoms with E-state index in [1.54, 1.807) is 24.3 Å². The second-order valence-corrected chi connectivity index (χ2v) is 6.07. The number of aliphatic hydroxyl groups is 1. The van der Waals surface area contributed by atoms with Crippen LogP contribution in [0.2, 0.25) is 0 Å². The van der Waals surface area contributed by atoms with E-state index in [0.717, 1.165) is 5.69 Å². The molecule has 5 heteroatoms. The Bertz CT molecular complexity index is 439. The number of hydrogen-bond acceptors (Lipinski definition) is 4. The van der Waals surface area contributed by atoms with E-state index < -0.39 is 9.84 Å². The van der Waals surface area contributed by atoms with Crippen molar-refractivity contribution in [1.82, 2.24) is 0 Å². The quantitative estimate of drug-likeness (QED) is 0.834. The number of anilines is 1. The average molecular weight is 257 g/mol. The van der Waals surface area contributed by atoms with E-state index in [0.29, 0.717) is 17.9 Å². The van der Waals surface area contributed by atoms with Gasteiger partial charge in [-0.15, -0.1) is 0 Å². The lowest BCUT2D eigenvalue weighted by Gasteiger charge is -2.18. The summed E-state index contributed by atoms with van der Waals surface area (Å²) in [6.45, 7) is 2.45. The first-order valence-corrected chi connectivity index (χ1v) is 7.31. The van der Waals surface area contributed by atoms with E-state index in [9.17, 15) is 8.42 Å². The summed E-state index contributed by atoms with van der Waals surface area (Å²) < 4.78 is 23.6. The minimum Gasteiger partial charge on any atom is -0.395 e. The van der Waals surface area contributed by atoms with Crippen molar-refractivity contribution >= 4 is 15.5 Å². The van der Waals surface area contributed by atoms with Crippen molar-refractivity contribution in [2.75, 3.05) is 30.9 Å². The van der Waals surface area contributed by atoms with E-state index in [1.165, 1.54) is 0 Å². The molecule has 0 unspecified atom stereocenters. The Morgan fingerprint density at radius 2 is 1.82 bits per heavy atom. The second-order valence-electron chi connectivity index (χ2n) is 3.96. The SMILES string of the molecule is CCCS(=O)(=O)c1ccc(N(C)CCO)cc1. The van der Waals surface area contributed by atoms with E-state index >= 15 is 0 Å². The maximum atomic E-state index is 11.8. The smallest absolute Gasteiger partial charge is 0.178 e. The van der Waals surface area contributed by atoms with Crippen LogP contribution in [0, 0.1) is 0 Å².